The summed E-state index contributed by atoms with van der Waals surface area (Å²) in [7, 11) is 0. The number of anilines is 3. The lowest BCUT2D eigenvalue weighted by Gasteiger charge is -2.25. The van der Waals surface area contributed by atoms with Gasteiger partial charge in [-0.15, -0.1) is 0 Å². The van der Waals surface area contributed by atoms with Gasteiger partial charge in [-0.05, 0) is 88.5 Å². The first kappa shape index (κ1) is 31.4. The third-order valence-corrected chi connectivity index (χ3v) is 9.16. The summed E-state index contributed by atoms with van der Waals surface area (Å²) in [5, 5.41) is 10.0. The molecule has 1 aliphatic carbocycles. The fourth-order valence-electron chi connectivity index (χ4n) is 6.56. The van der Waals surface area contributed by atoms with E-state index in [0.717, 1.165) is 99.9 Å². The van der Waals surface area contributed by atoms with Crippen LogP contribution in [-0.2, 0) is 14.3 Å². The van der Waals surface area contributed by atoms with Crippen LogP contribution in [0, 0.1) is 0 Å². The van der Waals surface area contributed by atoms with Gasteiger partial charge >= 0.3 is 0 Å². The zero-order chi connectivity index (χ0) is 30.8. The molecule has 4 heterocycles. The van der Waals surface area contributed by atoms with Crippen LogP contribution in [0.25, 0.3) is 11.2 Å². The number of hydrogen-bond acceptors (Lipinski definition) is 9. The second kappa shape index (κ2) is 15.6. The first-order valence-corrected chi connectivity index (χ1v) is 17.1. The smallest absolute Gasteiger partial charge is 0.251 e. The number of ketones is 1. The molecule has 1 saturated carbocycles. The van der Waals surface area contributed by atoms with Crippen molar-refractivity contribution in [2.75, 3.05) is 30.4 Å². The molecular weight excluding hydrogens is 570 g/mol. The highest BCUT2D eigenvalue weighted by Crippen LogP contribution is 2.31. The van der Waals surface area contributed by atoms with Crippen molar-refractivity contribution in [3.8, 4) is 0 Å². The number of carbonyl (C=O) groups excluding carboxylic acids is 2. The van der Waals surface area contributed by atoms with Crippen molar-refractivity contribution in [3.63, 3.8) is 0 Å². The number of aromatic nitrogens is 4. The first-order chi connectivity index (χ1) is 22.1. The van der Waals surface area contributed by atoms with Crippen LogP contribution >= 0.6 is 0 Å². The van der Waals surface area contributed by atoms with Gasteiger partial charge in [0.1, 0.15) is 12.3 Å². The number of amides is 1. The molecule has 3 aliphatic rings. The van der Waals surface area contributed by atoms with Gasteiger partial charge in [0.05, 0.1) is 6.33 Å². The van der Waals surface area contributed by atoms with Crippen LogP contribution in [0.1, 0.15) is 113 Å². The molecule has 11 nitrogen and oxygen atoms in total. The van der Waals surface area contributed by atoms with Crippen molar-refractivity contribution in [2.45, 2.75) is 115 Å². The molecule has 2 aliphatic heterocycles. The van der Waals surface area contributed by atoms with E-state index in [1.165, 1.54) is 19.3 Å². The van der Waals surface area contributed by atoms with Gasteiger partial charge in [-0.3, -0.25) is 14.2 Å². The molecule has 0 radical (unpaired) electrons. The normalized spacial score (nSPS) is 21.0. The summed E-state index contributed by atoms with van der Waals surface area (Å²) in [6.45, 7) is 2.02. The maximum atomic E-state index is 12.7. The molecule has 2 unspecified atom stereocenters. The van der Waals surface area contributed by atoms with Crippen LogP contribution in [-0.4, -0.2) is 63.1 Å². The monoisotopic (exact) mass is 617 g/mol. The van der Waals surface area contributed by atoms with E-state index in [1.54, 1.807) is 12.1 Å². The van der Waals surface area contributed by atoms with Crippen LogP contribution in [0.5, 0.6) is 0 Å². The molecule has 0 bridgehead atoms. The van der Waals surface area contributed by atoms with Gasteiger partial charge in [-0.1, -0.05) is 25.7 Å². The highest BCUT2D eigenvalue weighted by Gasteiger charge is 2.24. The molecule has 3 aromatic rings. The molecule has 1 aromatic carbocycles. The minimum atomic E-state index is -0.203. The second-order valence-electron chi connectivity index (χ2n) is 12.6. The number of imidazole rings is 1. The fourth-order valence-corrected chi connectivity index (χ4v) is 6.56. The fraction of sp³-hybridized carbons (Fsp3) is 0.618. The minimum Gasteiger partial charge on any atom is -0.370 e. The Labute approximate surface area is 265 Å². The van der Waals surface area contributed by atoms with Crippen LogP contribution in [0.3, 0.4) is 0 Å². The molecule has 11 heteroatoms. The first-order valence-electron chi connectivity index (χ1n) is 17.1. The van der Waals surface area contributed by atoms with Gasteiger partial charge in [0, 0.05) is 43.5 Å². The van der Waals surface area contributed by atoms with Gasteiger partial charge in [0.25, 0.3) is 5.91 Å². The molecule has 2 saturated heterocycles. The van der Waals surface area contributed by atoms with Gasteiger partial charge < -0.3 is 25.4 Å². The largest absolute Gasteiger partial charge is 0.370 e. The average Bonchev–Trinajstić information content (AvgIpc) is 3.52. The lowest BCUT2D eigenvalue weighted by molar-refractivity contribution is -0.133. The number of hydrogen-bond donors (Lipinski definition) is 3. The van der Waals surface area contributed by atoms with Crippen LogP contribution in [0.4, 0.5) is 17.5 Å². The van der Waals surface area contributed by atoms with E-state index in [2.05, 4.69) is 16.0 Å². The predicted molar refractivity (Wildman–Crippen MR) is 174 cm³/mol. The average molecular weight is 618 g/mol. The molecule has 45 heavy (non-hydrogen) atoms. The van der Waals surface area contributed by atoms with Crippen LogP contribution in [0.15, 0.2) is 30.6 Å². The van der Waals surface area contributed by atoms with E-state index >= 15 is 0 Å². The van der Waals surface area contributed by atoms with E-state index in [4.69, 9.17) is 24.4 Å². The standard InChI is InChI=1S/C34H47N7O4/c42-27(28-14-6-9-21-44-28)13-5-2-8-20-35-33(43)24-16-18-26(19-17-24)38-34-39-31(37-25-11-3-1-4-12-25)30-32(40-34)41(23-36-30)29-15-7-10-22-45-29/h16-19,23,25,28-29H,1-15,20-22H2,(H,35,43)(H2,37,38,39,40). The Bertz CT molecular complexity index is 1410. The van der Waals surface area contributed by atoms with Gasteiger partial charge in [0.15, 0.2) is 22.8 Å². The van der Waals surface area contributed by atoms with Gasteiger partial charge in [-0.2, -0.15) is 9.97 Å². The lowest BCUT2D eigenvalue weighted by atomic mass is 9.95. The van der Waals surface area contributed by atoms with E-state index in [0.29, 0.717) is 37.1 Å². The molecule has 2 aromatic heterocycles. The number of fused-ring (bicyclic) bond motifs is 1. The molecule has 6 rings (SSSR count). The summed E-state index contributed by atoms with van der Waals surface area (Å²) in [6.07, 6.45) is 16.7. The Balaban J connectivity index is 1.04. The lowest BCUT2D eigenvalue weighted by Crippen LogP contribution is -2.28. The molecule has 0 spiro atoms. The van der Waals surface area contributed by atoms with Crippen molar-refractivity contribution in [2.24, 2.45) is 0 Å². The number of rotatable bonds is 13. The second-order valence-corrected chi connectivity index (χ2v) is 12.6. The van der Waals surface area contributed by atoms with Crippen molar-refractivity contribution in [3.05, 3.63) is 36.2 Å². The zero-order valence-electron chi connectivity index (χ0n) is 26.3. The summed E-state index contributed by atoms with van der Waals surface area (Å²) in [6, 6.07) is 7.73. The molecule has 3 N–H and O–H groups in total. The Hall–Kier alpha value is -3.57. The number of nitrogens with zero attached hydrogens (tertiary/aromatic N) is 4. The van der Waals surface area contributed by atoms with Crippen molar-refractivity contribution in [1.82, 2.24) is 24.8 Å². The summed E-state index contributed by atoms with van der Waals surface area (Å²) in [5.74, 6) is 1.33. The van der Waals surface area contributed by atoms with Gasteiger partial charge in [-0.25, -0.2) is 4.98 Å². The number of benzene rings is 1. The number of Topliss-reactive ketones (excluding diaryl/α,β-unsaturated/α-hetero) is 1. The molecule has 3 fully saturated rings. The van der Waals surface area contributed by atoms with Crippen molar-refractivity contribution >= 4 is 40.3 Å². The van der Waals surface area contributed by atoms with Crippen molar-refractivity contribution < 1.29 is 19.1 Å². The molecular formula is C34H47N7O4. The molecule has 242 valence electrons. The quantitative estimate of drug-likeness (QED) is 0.185. The number of nitrogens with one attached hydrogen (secondary N) is 3. The maximum Gasteiger partial charge on any atom is 0.251 e. The zero-order valence-corrected chi connectivity index (χ0v) is 26.3. The van der Waals surface area contributed by atoms with E-state index in [1.807, 2.05) is 23.0 Å². The highest BCUT2D eigenvalue weighted by atomic mass is 16.5. The summed E-state index contributed by atoms with van der Waals surface area (Å²) in [4.78, 5) is 39.4. The Morgan fingerprint density at radius 1 is 0.844 bits per heavy atom. The molecule has 1 amide bonds. The maximum absolute atomic E-state index is 12.7. The number of carbonyl (C=O) groups is 2. The SMILES string of the molecule is O=C(NCCCCCC(=O)C1CCCCO1)c1ccc(Nc2nc(NC3CCCCC3)c3ncn(C4CCCCO4)c3n2)cc1. The Kier molecular flexibility index (Phi) is 10.9. The topological polar surface area (TPSA) is 132 Å². The van der Waals surface area contributed by atoms with Gasteiger partial charge in [0.2, 0.25) is 5.95 Å². The van der Waals surface area contributed by atoms with Crippen LogP contribution < -0.4 is 16.0 Å². The summed E-state index contributed by atoms with van der Waals surface area (Å²) in [5.41, 5.74) is 2.90. The highest BCUT2D eigenvalue weighted by molar-refractivity contribution is 5.94. The molecule has 2 atom stereocenters. The number of unbranched alkanes of at least 4 members (excludes halogenated alkanes) is 2. The Morgan fingerprint density at radius 3 is 2.38 bits per heavy atom. The number of ether oxygens (including phenoxy) is 2. The summed E-state index contributed by atoms with van der Waals surface area (Å²) < 4.78 is 13.7. The Morgan fingerprint density at radius 2 is 1.62 bits per heavy atom. The third kappa shape index (κ3) is 8.38. The predicted octanol–water partition coefficient (Wildman–Crippen LogP) is 6.44. The van der Waals surface area contributed by atoms with E-state index in [-0.39, 0.29) is 24.0 Å². The van der Waals surface area contributed by atoms with Crippen molar-refractivity contribution in [1.29, 1.82) is 0 Å². The van der Waals surface area contributed by atoms with Crippen LogP contribution in [0.2, 0.25) is 0 Å². The minimum absolute atomic E-state index is 0.0783. The van der Waals surface area contributed by atoms with E-state index in [9.17, 15) is 9.59 Å². The summed E-state index contributed by atoms with van der Waals surface area (Å²) >= 11 is 0. The van der Waals surface area contributed by atoms with E-state index < -0.39 is 0 Å². The third-order valence-electron chi connectivity index (χ3n) is 9.16.